The monoisotopic (exact) mass is 264 g/mol. The van der Waals surface area contributed by atoms with Gasteiger partial charge in [-0.05, 0) is 49.3 Å². The molecule has 0 radical (unpaired) electrons. The van der Waals surface area contributed by atoms with Crippen LogP contribution in [0.1, 0.15) is 31.2 Å². The van der Waals surface area contributed by atoms with Crippen molar-refractivity contribution in [3.63, 3.8) is 0 Å². The first kappa shape index (κ1) is 13.4. The molecule has 0 saturated heterocycles. The van der Waals surface area contributed by atoms with Crippen molar-refractivity contribution < 1.29 is 10.5 Å². The number of hydrogen-bond donors (Lipinski definition) is 1. The molecule has 3 N–H and O–H groups in total. The Kier molecular flexibility index (Phi) is 4.29. The molecule has 0 amide bonds. The molecule has 0 spiro atoms. The fourth-order valence-electron chi connectivity index (χ4n) is 2.74. The Bertz CT molecular complexity index is 450. The number of benzene rings is 1. The third-order valence-electron chi connectivity index (χ3n) is 3.84. The molecular weight excluding hydrogens is 246 g/mol. The van der Waals surface area contributed by atoms with Crippen molar-refractivity contribution in [1.29, 1.82) is 0 Å². The van der Waals surface area contributed by atoms with E-state index in [9.17, 15) is 0 Å². The fourth-order valence-corrected chi connectivity index (χ4v) is 2.87. The normalized spacial score (nSPS) is 27.4. The van der Waals surface area contributed by atoms with Crippen molar-refractivity contribution in [3.8, 4) is 12.0 Å². The average Bonchev–Trinajstić information content (AvgIpc) is 2.40. The molecule has 96 valence electrons. The van der Waals surface area contributed by atoms with Gasteiger partial charge in [0, 0.05) is 12.1 Å². The third kappa shape index (κ3) is 2.70. The molecule has 2 nitrogen and oxygen atoms in total. The summed E-state index contributed by atoms with van der Waals surface area (Å²) in [7, 11) is 1.78. The van der Waals surface area contributed by atoms with Gasteiger partial charge in [0.25, 0.3) is 0 Å². The fraction of sp³-hybridized carbons (Fsp3) is 0.467. The molecule has 18 heavy (non-hydrogen) atoms. The molecule has 3 heteroatoms. The van der Waals surface area contributed by atoms with E-state index in [0.29, 0.717) is 6.10 Å². The van der Waals surface area contributed by atoms with Crippen LogP contribution in [0, 0.1) is 12.0 Å². The Morgan fingerprint density at radius 1 is 1.28 bits per heavy atom. The van der Waals surface area contributed by atoms with Gasteiger partial charge in [0.15, 0.2) is 0 Å². The van der Waals surface area contributed by atoms with Gasteiger partial charge in [-0.25, -0.2) is 0 Å². The maximum atomic E-state index is 5.95. The van der Waals surface area contributed by atoms with Gasteiger partial charge in [-0.2, -0.15) is 0 Å². The Labute approximate surface area is 113 Å². The van der Waals surface area contributed by atoms with Gasteiger partial charge >= 0.3 is 0 Å². The summed E-state index contributed by atoms with van der Waals surface area (Å²) in [5.41, 5.74) is 4.87. The smallest absolute Gasteiger partial charge is 0.132 e. The van der Waals surface area contributed by atoms with Crippen LogP contribution in [0.4, 0.5) is 0 Å². The first-order valence-corrected chi connectivity index (χ1v) is 6.66. The van der Waals surface area contributed by atoms with Crippen LogP contribution in [-0.2, 0) is 10.2 Å². The third-order valence-corrected chi connectivity index (χ3v) is 4.10. The number of ether oxygens (including phenoxy) is 1. The van der Waals surface area contributed by atoms with E-state index in [2.05, 4.69) is 29.8 Å². The molecule has 0 aromatic heterocycles. The van der Waals surface area contributed by atoms with E-state index in [0.717, 1.165) is 30.7 Å². The molecule has 0 heterocycles. The van der Waals surface area contributed by atoms with E-state index in [1.165, 1.54) is 5.56 Å². The molecule has 0 bridgehead atoms. The van der Waals surface area contributed by atoms with Crippen LogP contribution in [-0.4, -0.2) is 13.2 Å². The van der Waals surface area contributed by atoms with Gasteiger partial charge in [-0.15, -0.1) is 0 Å². The van der Waals surface area contributed by atoms with Crippen molar-refractivity contribution in [2.75, 3.05) is 7.11 Å². The quantitative estimate of drug-likeness (QED) is 0.818. The van der Waals surface area contributed by atoms with Gasteiger partial charge in [-0.1, -0.05) is 23.7 Å². The molecule has 1 aliphatic rings. The van der Waals surface area contributed by atoms with E-state index < -0.39 is 0 Å². The first-order valence-electron chi connectivity index (χ1n) is 6.28. The molecule has 0 unspecified atom stereocenters. The molecule has 1 aromatic rings. The largest absolute Gasteiger partial charge is 0.381 e. The predicted molar refractivity (Wildman–Crippen MR) is 73.1 cm³/mol. The lowest BCUT2D eigenvalue weighted by molar-refractivity contribution is -0.247. The van der Waals surface area contributed by atoms with Crippen molar-refractivity contribution in [2.45, 2.75) is 37.2 Å². The summed E-state index contributed by atoms with van der Waals surface area (Å²) in [6.07, 6.45) is 4.52. The van der Waals surface area contributed by atoms with Gasteiger partial charge in [0.1, 0.15) is 6.04 Å². The van der Waals surface area contributed by atoms with E-state index in [-0.39, 0.29) is 5.41 Å². The SMILES string of the molecule is COC1CCC(C#C[NH3+])(c2ccc(Cl)cc2)CC1. The minimum Gasteiger partial charge on any atom is -0.381 e. The Balaban J connectivity index is 2.27. The lowest BCUT2D eigenvalue weighted by Crippen LogP contribution is -2.42. The van der Waals surface area contributed by atoms with Crippen LogP contribution >= 0.6 is 11.6 Å². The zero-order chi connectivity index (χ0) is 13.0. The molecule has 1 saturated carbocycles. The average molecular weight is 265 g/mol. The zero-order valence-corrected chi connectivity index (χ0v) is 11.5. The summed E-state index contributed by atoms with van der Waals surface area (Å²) in [6, 6.07) is 10.9. The second kappa shape index (κ2) is 5.75. The summed E-state index contributed by atoms with van der Waals surface area (Å²) < 4.78 is 5.43. The van der Waals surface area contributed by atoms with Crippen LogP contribution in [0.2, 0.25) is 5.02 Å². The zero-order valence-electron chi connectivity index (χ0n) is 10.7. The summed E-state index contributed by atoms with van der Waals surface area (Å²) in [5.74, 6) is 3.32. The number of rotatable bonds is 2. The number of quaternary nitrogens is 1. The van der Waals surface area contributed by atoms with E-state index >= 15 is 0 Å². The Morgan fingerprint density at radius 2 is 1.89 bits per heavy atom. The Morgan fingerprint density at radius 3 is 2.39 bits per heavy atom. The molecule has 0 aliphatic heterocycles. The number of halogens is 1. The number of methoxy groups -OCH3 is 1. The van der Waals surface area contributed by atoms with Crippen LogP contribution in [0.15, 0.2) is 24.3 Å². The second-order valence-corrected chi connectivity index (χ2v) is 5.26. The van der Waals surface area contributed by atoms with Gasteiger partial charge in [0.05, 0.1) is 11.5 Å². The highest BCUT2D eigenvalue weighted by atomic mass is 35.5. The summed E-state index contributed by atoms with van der Waals surface area (Å²) in [5, 5.41) is 0.766. The van der Waals surface area contributed by atoms with Crippen molar-refractivity contribution in [2.24, 2.45) is 0 Å². The first-order chi connectivity index (χ1) is 8.70. The summed E-state index contributed by atoms with van der Waals surface area (Å²) >= 11 is 5.95. The van der Waals surface area contributed by atoms with Crippen LogP contribution in [0.25, 0.3) is 0 Å². The van der Waals surface area contributed by atoms with Crippen LogP contribution < -0.4 is 5.73 Å². The van der Waals surface area contributed by atoms with Crippen molar-refractivity contribution in [3.05, 3.63) is 34.9 Å². The molecule has 0 atom stereocenters. The second-order valence-electron chi connectivity index (χ2n) is 4.83. The maximum absolute atomic E-state index is 5.95. The molecule has 1 fully saturated rings. The highest BCUT2D eigenvalue weighted by Gasteiger charge is 2.36. The predicted octanol–water partition coefficient (Wildman–Crippen LogP) is 2.37. The van der Waals surface area contributed by atoms with E-state index in [1.807, 2.05) is 12.1 Å². The van der Waals surface area contributed by atoms with Gasteiger partial charge in [-0.3, -0.25) is 5.73 Å². The highest BCUT2D eigenvalue weighted by molar-refractivity contribution is 6.30. The lowest BCUT2D eigenvalue weighted by atomic mass is 9.69. The Hall–Kier alpha value is -1.01. The van der Waals surface area contributed by atoms with E-state index in [4.69, 9.17) is 16.3 Å². The van der Waals surface area contributed by atoms with Gasteiger partial charge < -0.3 is 4.74 Å². The standard InChI is InChI=1S/C15H18ClNO/c1-18-14-6-8-15(9-7-14,10-11-17)12-2-4-13(16)5-3-12/h2-5,14H,6-9,17H2,1H3/p+1. The maximum Gasteiger partial charge on any atom is 0.132 e. The molecule has 1 aromatic carbocycles. The molecule has 1 aliphatic carbocycles. The summed E-state index contributed by atoms with van der Waals surface area (Å²) in [6.45, 7) is 0. The highest BCUT2D eigenvalue weighted by Crippen LogP contribution is 2.40. The minimum absolute atomic E-state index is 0.0681. The number of hydrogen-bond acceptors (Lipinski definition) is 1. The van der Waals surface area contributed by atoms with E-state index in [1.54, 1.807) is 7.11 Å². The lowest BCUT2D eigenvalue weighted by Gasteiger charge is -2.35. The van der Waals surface area contributed by atoms with Crippen LogP contribution in [0.5, 0.6) is 0 Å². The van der Waals surface area contributed by atoms with Gasteiger partial charge in [0.2, 0.25) is 0 Å². The minimum atomic E-state index is -0.0681. The van der Waals surface area contributed by atoms with Crippen LogP contribution in [0.3, 0.4) is 0 Å². The summed E-state index contributed by atoms with van der Waals surface area (Å²) in [4.78, 5) is 0. The molecular formula is C15H19ClNO+. The molecule has 2 rings (SSSR count). The van der Waals surface area contributed by atoms with Crippen molar-refractivity contribution in [1.82, 2.24) is 0 Å². The van der Waals surface area contributed by atoms with Crippen molar-refractivity contribution >= 4 is 11.6 Å². The topological polar surface area (TPSA) is 36.9 Å².